The largest absolute Gasteiger partial charge is 0.269 e. The molecule has 7 heteroatoms. The molecule has 0 saturated carbocycles. The van der Waals surface area contributed by atoms with E-state index in [9.17, 15) is 18.5 Å². The third-order valence-corrected chi connectivity index (χ3v) is 4.86. The van der Waals surface area contributed by atoms with Gasteiger partial charge in [0.1, 0.15) is 0 Å². The highest BCUT2D eigenvalue weighted by Crippen LogP contribution is 2.20. The van der Waals surface area contributed by atoms with E-state index >= 15 is 0 Å². The molecule has 0 aliphatic carbocycles. The summed E-state index contributed by atoms with van der Waals surface area (Å²) in [6.07, 6.45) is 5.30. The molecular formula is C12H14N2O4S. The SMILES string of the molecule is O=[N+]([O-])c1ccc(S(=O)(=O)N2CCC=CCC2)cc1. The van der Waals surface area contributed by atoms with Gasteiger partial charge in [-0.15, -0.1) is 0 Å². The predicted molar refractivity (Wildman–Crippen MR) is 70.2 cm³/mol. The lowest BCUT2D eigenvalue weighted by atomic mass is 10.3. The lowest BCUT2D eigenvalue weighted by Crippen LogP contribution is -2.32. The van der Waals surface area contributed by atoms with E-state index in [1.807, 2.05) is 12.2 Å². The number of hydrogen-bond donors (Lipinski definition) is 0. The lowest BCUT2D eigenvalue weighted by Gasteiger charge is -2.19. The van der Waals surface area contributed by atoms with Crippen molar-refractivity contribution in [1.82, 2.24) is 4.31 Å². The summed E-state index contributed by atoms with van der Waals surface area (Å²) < 4.78 is 26.1. The van der Waals surface area contributed by atoms with Gasteiger partial charge in [0.25, 0.3) is 5.69 Å². The number of benzene rings is 1. The molecule has 6 nitrogen and oxygen atoms in total. The zero-order chi connectivity index (χ0) is 13.9. The lowest BCUT2D eigenvalue weighted by molar-refractivity contribution is -0.384. The molecule has 0 aromatic heterocycles. The Labute approximate surface area is 111 Å². The molecule has 0 amide bonds. The van der Waals surface area contributed by atoms with E-state index in [4.69, 9.17) is 0 Å². The van der Waals surface area contributed by atoms with E-state index in [0.29, 0.717) is 25.9 Å². The number of nitro groups is 1. The van der Waals surface area contributed by atoms with Crippen molar-refractivity contribution in [3.05, 3.63) is 46.5 Å². The van der Waals surface area contributed by atoms with E-state index in [1.54, 1.807) is 0 Å². The molecule has 1 aliphatic rings. The van der Waals surface area contributed by atoms with Crippen molar-refractivity contribution in [3.63, 3.8) is 0 Å². The Hall–Kier alpha value is -1.73. The van der Waals surface area contributed by atoms with Crippen molar-refractivity contribution in [3.8, 4) is 0 Å². The van der Waals surface area contributed by atoms with Crippen LogP contribution in [-0.2, 0) is 10.0 Å². The van der Waals surface area contributed by atoms with E-state index in [1.165, 1.54) is 28.6 Å². The third-order valence-electron chi connectivity index (χ3n) is 2.94. The zero-order valence-corrected chi connectivity index (χ0v) is 11.0. The van der Waals surface area contributed by atoms with Crippen molar-refractivity contribution >= 4 is 15.7 Å². The average Bonchev–Trinajstić information content (AvgIpc) is 2.68. The first-order valence-corrected chi connectivity index (χ1v) is 7.35. The number of nitro benzene ring substituents is 1. The van der Waals surface area contributed by atoms with Gasteiger partial charge in [-0.2, -0.15) is 4.31 Å². The molecule has 0 fully saturated rings. The van der Waals surface area contributed by atoms with Crippen LogP contribution in [0.5, 0.6) is 0 Å². The fraction of sp³-hybridized carbons (Fsp3) is 0.333. The Bertz CT molecular complexity index is 583. The maximum Gasteiger partial charge on any atom is 0.269 e. The molecule has 0 saturated heterocycles. The Morgan fingerprint density at radius 1 is 1.05 bits per heavy atom. The molecule has 1 heterocycles. The number of non-ortho nitro benzene ring substituents is 1. The van der Waals surface area contributed by atoms with Crippen molar-refractivity contribution in [2.75, 3.05) is 13.1 Å². The average molecular weight is 282 g/mol. The van der Waals surface area contributed by atoms with Crippen LogP contribution in [0.2, 0.25) is 0 Å². The summed E-state index contributed by atoms with van der Waals surface area (Å²) in [5, 5.41) is 10.5. The summed E-state index contributed by atoms with van der Waals surface area (Å²) in [7, 11) is -3.56. The molecule has 102 valence electrons. The molecule has 0 radical (unpaired) electrons. The predicted octanol–water partition coefficient (Wildman–Crippen LogP) is 1.94. The minimum atomic E-state index is -3.56. The van der Waals surface area contributed by atoms with Gasteiger partial charge < -0.3 is 0 Å². The Morgan fingerprint density at radius 3 is 2.05 bits per heavy atom. The number of hydrogen-bond acceptors (Lipinski definition) is 4. The van der Waals surface area contributed by atoms with E-state index in [-0.39, 0.29) is 10.6 Å². The summed E-state index contributed by atoms with van der Waals surface area (Å²) in [4.78, 5) is 10.1. The highest BCUT2D eigenvalue weighted by atomic mass is 32.2. The van der Waals surface area contributed by atoms with Gasteiger partial charge in [0.15, 0.2) is 0 Å². The van der Waals surface area contributed by atoms with Crippen LogP contribution < -0.4 is 0 Å². The second kappa shape index (κ2) is 5.50. The van der Waals surface area contributed by atoms with Crippen LogP contribution in [0.25, 0.3) is 0 Å². The zero-order valence-electron chi connectivity index (χ0n) is 10.2. The highest BCUT2D eigenvalue weighted by Gasteiger charge is 2.24. The fourth-order valence-corrected chi connectivity index (χ4v) is 3.38. The molecule has 1 aromatic carbocycles. The maximum absolute atomic E-state index is 12.3. The molecule has 0 atom stereocenters. The summed E-state index contributed by atoms with van der Waals surface area (Å²) >= 11 is 0. The molecule has 0 unspecified atom stereocenters. The molecular weight excluding hydrogens is 268 g/mol. The second-order valence-corrected chi connectivity index (χ2v) is 6.14. The Morgan fingerprint density at radius 2 is 1.58 bits per heavy atom. The van der Waals surface area contributed by atoms with Crippen LogP contribution in [0, 0.1) is 10.1 Å². The van der Waals surface area contributed by atoms with Crippen LogP contribution in [0.1, 0.15) is 12.8 Å². The molecule has 19 heavy (non-hydrogen) atoms. The van der Waals surface area contributed by atoms with Crippen LogP contribution in [0.15, 0.2) is 41.3 Å². The van der Waals surface area contributed by atoms with Crippen molar-refractivity contribution < 1.29 is 13.3 Å². The third kappa shape index (κ3) is 2.99. The van der Waals surface area contributed by atoms with Crippen molar-refractivity contribution in [2.45, 2.75) is 17.7 Å². The smallest absolute Gasteiger partial charge is 0.258 e. The van der Waals surface area contributed by atoms with Gasteiger partial charge in [-0.1, -0.05) is 12.2 Å². The van der Waals surface area contributed by atoms with Gasteiger partial charge in [-0.05, 0) is 25.0 Å². The van der Waals surface area contributed by atoms with Crippen LogP contribution >= 0.6 is 0 Å². The van der Waals surface area contributed by atoms with Crippen LogP contribution in [0.4, 0.5) is 5.69 Å². The summed E-state index contributed by atoms with van der Waals surface area (Å²) in [5.74, 6) is 0. The quantitative estimate of drug-likeness (QED) is 0.482. The van der Waals surface area contributed by atoms with Gasteiger partial charge in [0.05, 0.1) is 9.82 Å². The topological polar surface area (TPSA) is 80.5 Å². The summed E-state index contributed by atoms with van der Waals surface area (Å²) in [6.45, 7) is 0.881. The standard InChI is InChI=1S/C12H14N2O4S/c15-14(16)11-5-7-12(8-6-11)19(17,18)13-9-3-1-2-4-10-13/h1-2,5-8H,3-4,9-10H2. The molecule has 0 spiro atoms. The molecule has 2 rings (SSSR count). The van der Waals surface area contributed by atoms with Gasteiger partial charge >= 0.3 is 0 Å². The monoisotopic (exact) mass is 282 g/mol. The molecule has 1 aliphatic heterocycles. The van der Waals surface area contributed by atoms with Crippen molar-refractivity contribution in [2.24, 2.45) is 0 Å². The number of rotatable bonds is 3. The maximum atomic E-state index is 12.3. The summed E-state index contributed by atoms with van der Waals surface area (Å²) in [5.41, 5.74) is -0.114. The summed E-state index contributed by atoms with van der Waals surface area (Å²) in [6, 6.07) is 4.99. The first-order valence-electron chi connectivity index (χ1n) is 5.91. The van der Waals surface area contributed by atoms with Gasteiger partial charge in [0.2, 0.25) is 10.0 Å². The number of nitrogens with zero attached hydrogens (tertiary/aromatic N) is 2. The first-order chi connectivity index (χ1) is 9.01. The Kier molecular flexibility index (Phi) is 3.96. The molecule has 1 aromatic rings. The van der Waals surface area contributed by atoms with Crippen molar-refractivity contribution in [1.29, 1.82) is 0 Å². The normalized spacial score (nSPS) is 17.1. The fourth-order valence-electron chi connectivity index (χ4n) is 1.91. The highest BCUT2D eigenvalue weighted by molar-refractivity contribution is 7.89. The van der Waals surface area contributed by atoms with Gasteiger partial charge in [-0.25, -0.2) is 8.42 Å². The molecule has 0 N–H and O–H groups in total. The van der Waals surface area contributed by atoms with E-state index in [0.717, 1.165) is 0 Å². The number of sulfonamides is 1. The van der Waals surface area contributed by atoms with Crippen LogP contribution in [0.3, 0.4) is 0 Å². The second-order valence-electron chi connectivity index (χ2n) is 4.20. The van der Waals surface area contributed by atoms with E-state index < -0.39 is 14.9 Å². The first kappa shape index (κ1) is 13.7. The Balaban J connectivity index is 2.26. The van der Waals surface area contributed by atoms with Crippen LogP contribution in [-0.4, -0.2) is 30.7 Å². The minimum Gasteiger partial charge on any atom is -0.258 e. The van der Waals surface area contributed by atoms with E-state index in [2.05, 4.69) is 0 Å². The van der Waals surface area contributed by atoms with Gasteiger partial charge in [0, 0.05) is 25.2 Å². The minimum absolute atomic E-state index is 0.0972. The van der Waals surface area contributed by atoms with Gasteiger partial charge in [-0.3, -0.25) is 10.1 Å². The molecule has 0 bridgehead atoms.